The van der Waals surface area contributed by atoms with E-state index < -0.39 is 17.7 Å². The molecule has 0 atom stereocenters. The van der Waals surface area contributed by atoms with Crippen molar-refractivity contribution >= 4 is 39.8 Å². The van der Waals surface area contributed by atoms with Gasteiger partial charge in [-0.25, -0.2) is 9.18 Å². The Balaban J connectivity index is 2.05. The van der Waals surface area contributed by atoms with E-state index in [0.717, 1.165) is 4.88 Å². The highest BCUT2D eigenvalue weighted by atomic mass is 35.5. The zero-order valence-electron chi connectivity index (χ0n) is 14.3. The topological polar surface area (TPSA) is 66.4 Å². The Hall–Kier alpha value is -2.70. The average Bonchev–Trinajstić information content (AvgIpc) is 3.01. The van der Waals surface area contributed by atoms with Crippen LogP contribution in [0.3, 0.4) is 0 Å². The van der Waals surface area contributed by atoms with E-state index in [1.807, 2.05) is 6.92 Å². The molecule has 0 fully saturated rings. The number of amides is 1. The highest BCUT2D eigenvalue weighted by molar-refractivity contribution is 7.17. The van der Waals surface area contributed by atoms with Crippen LogP contribution < -0.4 is 5.32 Å². The molecule has 4 nitrogen and oxygen atoms in total. The van der Waals surface area contributed by atoms with Crippen LogP contribution in [0.15, 0.2) is 48.5 Å². The fourth-order valence-electron chi connectivity index (χ4n) is 2.72. The van der Waals surface area contributed by atoms with Gasteiger partial charge < -0.3 is 10.4 Å². The van der Waals surface area contributed by atoms with E-state index in [9.17, 15) is 19.1 Å². The first-order valence-corrected chi connectivity index (χ1v) is 9.32. The molecule has 1 heterocycles. The normalized spacial score (nSPS) is 10.6. The maximum Gasteiger partial charge on any atom is 0.339 e. The van der Waals surface area contributed by atoms with Crippen molar-refractivity contribution in [2.75, 3.05) is 5.32 Å². The van der Waals surface area contributed by atoms with E-state index >= 15 is 0 Å². The lowest BCUT2D eigenvalue weighted by molar-refractivity contribution is 0.0699. The molecule has 3 rings (SSSR count). The molecule has 3 aromatic rings. The number of carbonyl (C=O) groups excluding carboxylic acids is 1. The molecular formula is C20H15ClFNO3S. The van der Waals surface area contributed by atoms with E-state index in [1.54, 1.807) is 24.3 Å². The Bertz CT molecular complexity index is 997. The molecule has 0 saturated heterocycles. The van der Waals surface area contributed by atoms with Gasteiger partial charge in [-0.05, 0) is 48.4 Å². The maximum absolute atomic E-state index is 13.3. The first kappa shape index (κ1) is 19.1. The van der Waals surface area contributed by atoms with Gasteiger partial charge in [0.2, 0.25) is 0 Å². The lowest BCUT2D eigenvalue weighted by Gasteiger charge is -2.07. The lowest BCUT2D eigenvalue weighted by atomic mass is 10.00. The maximum atomic E-state index is 13.3. The van der Waals surface area contributed by atoms with Crippen LogP contribution in [0, 0.1) is 5.82 Å². The van der Waals surface area contributed by atoms with Gasteiger partial charge >= 0.3 is 5.97 Å². The van der Waals surface area contributed by atoms with Crippen molar-refractivity contribution in [1.29, 1.82) is 0 Å². The number of aromatic carboxylic acids is 1. The Morgan fingerprint density at radius 1 is 1.11 bits per heavy atom. The minimum atomic E-state index is -1.16. The van der Waals surface area contributed by atoms with E-state index in [2.05, 4.69) is 5.32 Å². The Labute approximate surface area is 164 Å². The smallest absolute Gasteiger partial charge is 0.339 e. The summed E-state index contributed by atoms with van der Waals surface area (Å²) in [5.41, 5.74) is 1.46. The molecule has 0 aliphatic rings. The molecule has 2 aromatic carbocycles. The summed E-state index contributed by atoms with van der Waals surface area (Å²) >= 11 is 7.04. The predicted octanol–water partition coefficient (Wildman–Crippen LogP) is 5.72. The summed E-state index contributed by atoms with van der Waals surface area (Å²) in [5.74, 6) is -1.99. The number of aryl methyl sites for hydroxylation is 1. The largest absolute Gasteiger partial charge is 0.478 e. The van der Waals surface area contributed by atoms with E-state index in [0.29, 0.717) is 28.1 Å². The van der Waals surface area contributed by atoms with Crippen molar-refractivity contribution < 1.29 is 19.1 Å². The minimum absolute atomic E-state index is 0.00534. The molecule has 27 heavy (non-hydrogen) atoms. The van der Waals surface area contributed by atoms with Gasteiger partial charge in [0, 0.05) is 21.0 Å². The molecule has 138 valence electrons. The number of carboxylic acids is 1. The van der Waals surface area contributed by atoms with Gasteiger partial charge in [0.25, 0.3) is 5.91 Å². The van der Waals surface area contributed by atoms with Gasteiger partial charge in [0.1, 0.15) is 16.4 Å². The van der Waals surface area contributed by atoms with Gasteiger partial charge in [0.05, 0.1) is 0 Å². The average molecular weight is 404 g/mol. The van der Waals surface area contributed by atoms with Gasteiger partial charge in [0.15, 0.2) is 0 Å². The summed E-state index contributed by atoms with van der Waals surface area (Å²) in [5, 5.41) is 13.2. The zero-order chi connectivity index (χ0) is 19.6. The Kier molecular flexibility index (Phi) is 5.58. The fourth-order valence-corrected chi connectivity index (χ4v) is 3.99. The van der Waals surface area contributed by atoms with Crippen LogP contribution in [0.4, 0.5) is 9.39 Å². The standard InChI is InChI=1S/C20H15ClFNO3S/c1-2-15-16(11-5-9-14(22)10-6-11)17(20(25)26)19(27-15)23-18(24)12-3-7-13(21)8-4-12/h3-10H,2H2,1H3,(H,23,24)(H,25,26). The lowest BCUT2D eigenvalue weighted by Crippen LogP contribution is -2.13. The number of benzene rings is 2. The van der Waals surface area contributed by atoms with Gasteiger partial charge in [-0.1, -0.05) is 30.7 Å². The second kappa shape index (κ2) is 7.90. The van der Waals surface area contributed by atoms with E-state index in [4.69, 9.17) is 11.6 Å². The monoisotopic (exact) mass is 403 g/mol. The third-order valence-electron chi connectivity index (χ3n) is 3.98. The molecule has 0 radical (unpaired) electrons. The van der Waals surface area contributed by atoms with Crippen LogP contribution in [0.1, 0.15) is 32.5 Å². The number of anilines is 1. The highest BCUT2D eigenvalue weighted by Crippen LogP contribution is 2.41. The molecule has 2 N–H and O–H groups in total. The number of halogens is 2. The number of nitrogens with one attached hydrogen (secondary N) is 1. The zero-order valence-corrected chi connectivity index (χ0v) is 15.8. The van der Waals surface area contributed by atoms with Crippen molar-refractivity contribution in [3.8, 4) is 11.1 Å². The SMILES string of the molecule is CCc1sc(NC(=O)c2ccc(Cl)cc2)c(C(=O)O)c1-c1ccc(F)cc1. The third kappa shape index (κ3) is 4.02. The van der Waals surface area contributed by atoms with Crippen LogP contribution >= 0.6 is 22.9 Å². The minimum Gasteiger partial charge on any atom is -0.478 e. The first-order chi connectivity index (χ1) is 12.9. The summed E-state index contributed by atoms with van der Waals surface area (Å²) in [6.07, 6.45) is 0.578. The van der Waals surface area contributed by atoms with Crippen molar-refractivity contribution in [3.63, 3.8) is 0 Å². The van der Waals surface area contributed by atoms with Gasteiger partial charge in [-0.2, -0.15) is 0 Å². The van der Waals surface area contributed by atoms with Crippen LogP contribution in [0.25, 0.3) is 11.1 Å². The van der Waals surface area contributed by atoms with E-state index in [1.165, 1.54) is 35.6 Å². The predicted molar refractivity (Wildman–Crippen MR) is 105 cm³/mol. The molecule has 1 amide bonds. The van der Waals surface area contributed by atoms with Crippen molar-refractivity contribution in [2.24, 2.45) is 0 Å². The van der Waals surface area contributed by atoms with E-state index in [-0.39, 0.29) is 10.6 Å². The quantitative estimate of drug-likeness (QED) is 0.572. The summed E-state index contributed by atoms with van der Waals surface area (Å²) in [6, 6.07) is 11.9. The molecule has 0 aliphatic carbocycles. The van der Waals surface area contributed by atoms with Crippen LogP contribution in [-0.2, 0) is 6.42 Å². The third-order valence-corrected chi connectivity index (χ3v) is 5.48. The van der Waals surface area contributed by atoms with Crippen molar-refractivity contribution in [2.45, 2.75) is 13.3 Å². The molecule has 0 bridgehead atoms. The fraction of sp³-hybridized carbons (Fsp3) is 0.100. The van der Waals surface area contributed by atoms with Crippen LogP contribution in [0.5, 0.6) is 0 Å². The summed E-state index contributed by atoms with van der Waals surface area (Å²) in [7, 11) is 0. The molecular weight excluding hydrogens is 389 g/mol. The second-order valence-electron chi connectivity index (χ2n) is 5.73. The molecule has 0 saturated carbocycles. The summed E-state index contributed by atoms with van der Waals surface area (Å²) < 4.78 is 13.3. The van der Waals surface area contributed by atoms with Crippen molar-refractivity contribution in [3.05, 3.63) is 75.4 Å². The number of thiophene rings is 1. The Morgan fingerprint density at radius 3 is 2.30 bits per heavy atom. The number of hydrogen-bond donors (Lipinski definition) is 2. The molecule has 7 heteroatoms. The van der Waals surface area contributed by atoms with Gasteiger partial charge in [-0.15, -0.1) is 11.3 Å². The molecule has 0 unspecified atom stereocenters. The number of carboxylic acid groups (broad SMARTS) is 1. The molecule has 0 spiro atoms. The van der Waals surface area contributed by atoms with Crippen LogP contribution in [0.2, 0.25) is 5.02 Å². The highest BCUT2D eigenvalue weighted by Gasteiger charge is 2.25. The summed E-state index contributed by atoms with van der Waals surface area (Å²) in [4.78, 5) is 25.2. The molecule has 0 aliphatic heterocycles. The number of rotatable bonds is 5. The number of hydrogen-bond acceptors (Lipinski definition) is 3. The summed E-state index contributed by atoms with van der Waals surface area (Å²) in [6.45, 7) is 1.90. The van der Waals surface area contributed by atoms with Crippen molar-refractivity contribution in [1.82, 2.24) is 0 Å². The second-order valence-corrected chi connectivity index (χ2v) is 7.27. The number of carbonyl (C=O) groups is 2. The van der Waals surface area contributed by atoms with Gasteiger partial charge in [-0.3, -0.25) is 4.79 Å². The first-order valence-electron chi connectivity index (χ1n) is 8.12. The molecule has 1 aromatic heterocycles. The van der Waals surface area contributed by atoms with Crippen LogP contribution in [-0.4, -0.2) is 17.0 Å². The Morgan fingerprint density at radius 2 is 1.74 bits per heavy atom.